The number of carbonyl (C=O) groups is 1. The van der Waals surface area contributed by atoms with Crippen molar-refractivity contribution in [2.24, 2.45) is 5.92 Å². The molecule has 14 heavy (non-hydrogen) atoms. The number of thioether (sulfide) groups is 1. The van der Waals surface area contributed by atoms with E-state index >= 15 is 0 Å². The summed E-state index contributed by atoms with van der Waals surface area (Å²) in [5.41, 5.74) is 0. The maximum absolute atomic E-state index is 11.7. The molecule has 0 aromatic rings. The lowest BCUT2D eigenvalue weighted by atomic mass is 10.1. The number of hydrogen-bond acceptors (Lipinski definition) is 4. The molecule has 5 heteroatoms. The van der Waals surface area contributed by atoms with E-state index in [-0.39, 0.29) is 17.9 Å². The molecule has 2 N–H and O–H groups in total. The van der Waals surface area contributed by atoms with Gasteiger partial charge >= 0.3 is 0 Å². The average molecular weight is 217 g/mol. The number of nitrogens with one attached hydrogen (secondary N) is 1. The van der Waals surface area contributed by atoms with Crippen LogP contribution in [-0.4, -0.2) is 47.9 Å². The first kappa shape index (κ1) is 10.3. The fraction of sp³-hybridized carbons (Fsp3) is 0.889. The topological polar surface area (TPSA) is 58.6 Å². The normalized spacial score (nSPS) is 37.4. The van der Waals surface area contributed by atoms with E-state index in [4.69, 9.17) is 4.74 Å². The van der Waals surface area contributed by atoms with E-state index in [0.29, 0.717) is 13.2 Å². The van der Waals surface area contributed by atoms with Gasteiger partial charge in [-0.15, -0.1) is 0 Å². The molecule has 3 atom stereocenters. The van der Waals surface area contributed by atoms with Crippen molar-refractivity contribution in [1.82, 2.24) is 5.32 Å². The van der Waals surface area contributed by atoms with Gasteiger partial charge in [-0.05, 0) is 12.2 Å². The fourth-order valence-corrected chi connectivity index (χ4v) is 2.94. The van der Waals surface area contributed by atoms with E-state index in [2.05, 4.69) is 5.32 Å². The van der Waals surface area contributed by atoms with Crippen LogP contribution in [0, 0.1) is 5.92 Å². The second kappa shape index (κ2) is 4.51. The lowest BCUT2D eigenvalue weighted by Gasteiger charge is -2.17. The van der Waals surface area contributed by atoms with E-state index in [0.717, 1.165) is 17.9 Å². The second-order valence-corrected chi connectivity index (χ2v) is 4.93. The van der Waals surface area contributed by atoms with Crippen LogP contribution < -0.4 is 5.32 Å². The average Bonchev–Trinajstić information content (AvgIpc) is 2.77. The fourth-order valence-electron chi connectivity index (χ4n) is 1.72. The summed E-state index contributed by atoms with van der Waals surface area (Å²) in [6, 6.07) is -0.201. The van der Waals surface area contributed by atoms with Crippen molar-refractivity contribution in [1.29, 1.82) is 0 Å². The Kier molecular flexibility index (Phi) is 3.30. The van der Waals surface area contributed by atoms with Crippen LogP contribution in [0.5, 0.6) is 0 Å². The number of aliphatic hydroxyl groups is 1. The molecule has 0 saturated carbocycles. The van der Waals surface area contributed by atoms with Crippen LogP contribution in [0.3, 0.4) is 0 Å². The minimum Gasteiger partial charge on any atom is -0.388 e. The van der Waals surface area contributed by atoms with Gasteiger partial charge in [-0.3, -0.25) is 4.79 Å². The third-order valence-electron chi connectivity index (χ3n) is 2.68. The lowest BCUT2D eigenvalue weighted by molar-refractivity contribution is -0.125. The Hall–Kier alpha value is -0.260. The maximum Gasteiger partial charge on any atom is 0.224 e. The Bertz CT molecular complexity index is 218. The van der Waals surface area contributed by atoms with Crippen LogP contribution in [0.25, 0.3) is 0 Å². The lowest BCUT2D eigenvalue weighted by Crippen LogP contribution is -2.45. The summed E-state index contributed by atoms with van der Waals surface area (Å²) in [6.07, 6.45) is 0.424. The largest absolute Gasteiger partial charge is 0.388 e. The SMILES string of the molecule is O=C(N[C@@H]1COC[C@H]1O)C1CCSC1. The molecule has 0 spiro atoms. The van der Waals surface area contributed by atoms with Crippen LogP contribution in [0.1, 0.15) is 6.42 Å². The van der Waals surface area contributed by atoms with Crippen molar-refractivity contribution in [3.8, 4) is 0 Å². The number of hydrogen-bond donors (Lipinski definition) is 2. The van der Waals surface area contributed by atoms with Gasteiger partial charge in [-0.25, -0.2) is 0 Å². The highest BCUT2D eigenvalue weighted by molar-refractivity contribution is 7.99. The third kappa shape index (κ3) is 2.21. The zero-order valence-electron chi connectivity index (χ0n) is 7.94. The molecule has 2 saturated heterocycles. The monoisotopic (exact) mass is 217 g/mol. The molecular formula is C9H15NO3S. The minimum absolute atomic E-state index is 0.0737. The highest BCUT2D eigenvalue weighted by Gasteiger charge is 2.31. The van der Waals surface area contributed by atoms with Gasteiger partial charge in [0.25, 0.3) is 0 Å². The Balaban J connectivity index is 1.81. The molecule has 0 radical (unpaired) electrons. The number of carbonyl (C=O) groups excluding carboxylic acids is 1. The second-order valence-electron chi connectivity index (χ2n) is 3.78. The molecule has 0 aromatic heterocycles. The van der Waals surface area contributed by atoms with Gasteiger partial charge in [0.05, 0.1) is 25.4 Å². The van der Waals surface area contributed by atoms with E-state index in [9.17, 15) is 9.90 Å². The number of rotatable bonds is 2. The first-order valence-electron chi connectivity index (χ1n) is 4.91. The summed E-state index contributed by atoms with van der Waals surface area (Å²) in [5.74, 6) is 2.19. The molecule has 0 bridgehead atoms. The maximum atomic E-state index is 11.7. The summed E-state index contributed by atoms with van der Waals surface area (Å²) in [5, 5.41) is 12.3. The Morgan fingerprint density at radius 1 is 1.50 bits per heavy atom. The molecule has 0 aliphatic carbocycles. The zero-order chi connectivity index (χ0) is 9.97. The first-order valence-corrected chi connectivity index (χ1v) is 6.07. The highest BCUT2D eigenvalue weighted by atomic mass is 32.2. The summed E-state index contributed by atoms with van der Waals surface area (Å²) in [7, 11) is 0. The zero-order valence-corrected chi connectivity index (χ0v) is 8.76. The number of amides is 1. The first-order chi connectivity index (χ1) is 6.77. The van der Waals surface area contributed by atoms with Gasteiger partial charge in [-0.2, -0.15) is 11.8 Å². The van der Waals surface area contributed by atoms with Crippen molar-refractivity contribution in [3.63, 3.8) is 0 Å². The van der Waals surface area contributed by atoms with E-state index < -0.39 is 6.10 Å². The van der Waals surface area contributed by atoms with Gasteiger partial charge in [0.2, 0.25) is 5.91 Å². The number of aliphatic hydroxyl groups excluding tert-OH is 1. The van der Waals surface area contributed by atoms with E-state index in [1.165, 1.54) is 0 Å². The molecule has 2 heterocycles. The predicted molar refractivity (Wildman–Crippen MR) is 54.2 cm³/mol. The summed E-state index contributed by atoms with van der Waals surface area (Å²) < 4.78 is 5.06. The Labute approximate surface area is 87.4 Å². The van der Waals surface area contributed by atoms with Gasteiger partial charge in [0.1, 0.15) is 0 Å². The molecule has 1 amide bonds. The molecule has 2 aliphatic heterocycles. The van der Waals surface area contributed by atoms with Crippen LogP contribution >= 0.6 is 11.8 Å². The Morgan fingerprint density at radius 3 is 2.93 bits per heavy atom. The molecule has 1 unspecified atom stereocenters. The van der Waals surface area contributed by atoms with E-state index in [1.807, 2.05) is 11.8 Å². The summed E-state index contributed by atoms with van der Waals surface area (Å²) in [4.78, 5) is 11.7. The smallest absolute Gasteiger partial charge is 0.224 e. The van der Waals surface area contributed by atoms with Crippen LogP contribution in [-0.2, 0) is 9.53 Å². The molecule has 0 aromatic carbocycles. The van der Waals surface area contributed by atoms with Crippen molar-refractivity contribution in [2.75, 3.05) is 24.7 Å². The van der Waals surface area contributed by atoms with Crippen LogP contribution in [0.2, 0.25) is 0 Å². The van der Waals surface area contributed by atoms with Gasteiger partial charge in [0.15, 0.2) is 0 Å². The standard InChI is InChI=1S/C9H15NO3S/c11-8-4-13-3-7(8)10-9(12)6-1-2-14-5-6/h6-8,11H,1-5H2,(H,10,12)/t6?,7-,8-/m1/s1. The van der Waals surface area contributed by atoms with Crippen LogP contribution in [0.4, 0.5) is 0 Å². The summed E-state index contributed by atoms with van der Waals surface area (Å²) in [6.45, 7) is 0.775. The van der Waals surface area contributed by atoms with Crippen molar-refractivity contribution in [3.05, 3.63) is 0 Å². The molecule has 80 valence electrons. The Morgan fingerprint density at radius 2 is 2.36 bits per heavy atom. The molecule has 4 nitrogen and oxygen atoms in total. The number of ether oxygens (including phenoxy) is 1. The van der Waals surface area contributed by atoms with Crippen LogP contribution in [0.15, 0.2) is 0 Å². The van der Waals surface area contributed by atoms with Crippen molar-refractivity contribution < 1.29 is 14.6 Å². The van der Waals surface area contributed by atoms with E-state index in [1.54, 1.807) is 0 Å². The van der Waals surface area contributed by atoms with Gasteiger partial charge < -0.3 is 15.2 Å². The predicted octanol–water partition coefficient (Wildman–Crippen LogP) is -0.385. The van der Waals surface area contributed by atoms with Crippen molar-refractivity contribution >= 4 is 17.7 Å². The molecule has 2 aliphatic rings. The summed E-state index contributed by atoms with van der Waals surface area (Å²) >= 11 is 1.81. The third-order valence-corrected chi connectivity index (χ3v) is 3.84. The molecule has 2 rings (SSSR count). The molecule has 2 fully saturated rings. The van der Waals surface area contributed by atoms with Gasteiger partial charge in [0, 0.05) is 11.7 Å². The highest BCUT2D eigenvalue weighted by Crippen LogP contribution is 2.23. The van der Waals surface area contributed by atoms with Gasteiger partial charge in [-0.1, -0.05) is 0 Å². The molecular weight excluding hydrogens is 202 g/mol. The quantitative estimate of drug-likeness (QED) is 0.662. The van der Waals surface area contributed by atoms with Crippen molar-refractivity contribution in [2.45, 2.75) is 18.6 Å². The minimum atomic E-state index is -0.534.